The number of carbonyl (C=O) groups excluding carboxylic acids is 1. The number of nitriles is 1. The van der Waals surface area contributed by atoms with Crippen molar-refractivity contribution in [3.63, 3.8) is 0 Å². The van der Waals surface area contributed by atoms with Crippen molar-refractivity contribution < 1.29 is 22.4 Å². The second-order valence-corrected chi connectivity index (χ2v) is 5.26. The first kappa shape index (κ1) is 15.5. The fourth-order valence-corrected chi connectivity index (χ4v) is 2.58. The Bertz CT molecular complexity index is 584. The summed E-state index contributed by atoms with van der Waals surface area (Å²) < 4.78 is 52.7. The molecule has 0 aromatic heterocycles. The van der Waals surface area contributed by atoms with Crippen LogP contribution in [0.4, 0.5) is 17.6 Å². The van der Waals surface area contributed by atoms with E-state index in [2.05, 4.69) is 0 Å². The molecule has 1 atom stereocenters. The Morgan fingerprint density at radius 2 is 1.90 bits per heavy atom. The number of halogens is 4. The largest absolute Gasteiger partial charge is 0.298 e. The lowest BCUT2D eigenvalue weighted by atomic mass is 9.78. The lowest BCUT2D eigenvalue weighted by Crippen LogP contribution is -2.31. The minimum Gasteiger partial charge on any atom is -0.298 e. The summed E-state index contributed by atoms with van der Waals surface area (Å²) >= 11 is 0. The van der Waals surface area contributed by atoms with Crippen LogP contribution in [-0.4, -0.2) is 11.7 Å². The number of rotatable bonds is 3. The van der Waals surface area contributed by atoms with Crippen molar-refractivity contribution in [1.29, 1.82) is 5.26 Å². The lowest BCUT2D eigenvalue weighted by molar-refractivity contribution is -0.127. The van der Waals surface area contributed by atoms with Crippen molar-refractivity contribution in [2.24, 2.45) is 5.92 Å². The first-order valence-corrected chi connectivity index (χ1v) is 6.60. The minimum absolute atomic E-state index is 0.0210. The number of hydrogen-bond donors (Lipinski definition) is 0. The van der Waals surface area contributed by atoms with Crippen molar-refractivity contribution in [2.75, 3.05) is 0 Å². The summed E-state index contributed by atoms with van der Waals surface area (Å²) in [6, 6.07) is 4.31. The molecule has 112 valence electrons. The fourth-order valence-electron chi connectivity index (χ4n) is 2.58. The first-order chi connectivity index (χ1) is 9.84. The summed E-state index contributed by atoms with van der Waals surface area (Å²) in [5.74, 6) is -7.20. The maximum absolute atomic E-state index is 13.7. The maximum atomic E-state index is 13.7. The van der Waals surface area contributed by atoms with Crippen molar-refractivity contribution in [3.8, 4) is 6.07 Å². The molecule has 1 aliphatic rings. The zero-order chi connectivity index (χ0) is 15.6. The van der Waals surface area contributed by atoms with E-state index in [-0.39, 0.29) is 18.4 Å². The van der Waals surface area contributed by atoms with E-state index in [1.165, 1.54) is 0 Å². The molecule has 0 saturated heterocycles. The van der Waals surface area contributed by atoms with E-state index < -0.39 is 48.0 Å². The van der Waals surface area contributed by atoms with Gasteiger partial charge in [0.25, 0.3) is 0 Å². The number of ketones is 1. The van der Waals surface area contributed by atoms with Crippen molar-refractivity contribution in [2.45, 2.75) is 37.5 Å². The number of benzene rings is 1. The highest BCUT2D eigenvalue weighted by atomic mass is 19.3. The molecule has 0 amide bonds. The van der Waals surface area contributed by atoms with Gasteiger partial charge in [0.2, 0.25) is 5.92 Å². The molecule has 6 heteroatoms. The van der Waals surface area contributed by atoms with Gasteiger partial charge in [0, 0.05) is 30.4 Å². The molecule has 0 aliphatic heterocycles. The molecular formula is C15H13F4NO. The van der Waals surface area contributed by atoms with Crippen LogP contribution < -0.4 is 0 Å². The maximum Gasteiger partial charge on any atom is 0.248 e. The van der Waals surface area contributed by atoms with Crippen LogP contribution in [-0.2, 0) is 4.79 Å². The van der Waals surface area contributed by atoms with Crippen LogP contribution >= 0.6 is 0 Å². The molecule has 21 heavy (non-hydrogen) atoms. The smallest absolute Gasteiger partial charge is 0.248 e. The second-order valence-electron chi connectivity index (χ2n) is 5.26. The third-order valence-corrected chi connectivity index (χ3v) is 3.81. The Morgan fingerprint density at radius 1 is 1.29 bits per heavy atom. The molecule has 0 radical (unpaired) electrons. The van der Waals surface area contributed by atoms with E-state index >= 15 is 0 Å². The van der Waals surface area contributed by atoms with Crippen LogP contribution in [0.1, 0.15) is 37.2 Å². The highest BCUT2D eigenvalue weighted by molar-refractivity contribution is 5.90. The quantitative estimate of drug-likeness (QED) is 0.792. The van der Waals surface area contributed by atoms with Gasteiger partial charge >= 0.3 is 0 Å². The molecule has 0 N–H and O–H groups in total. The van der Waals surface area contributed by atoms with E-state index in [0.717, 1.165) is 12.1 Å². The van der Waals surface area contributed by atoms with Crippen LogP contribution in [0.3, 0.4) is 0 Å². The standard InChI is InChI=1S/C15H13F4NO/c16-10-1-2-11(13(17)7-10)12(8-20)14(21)9-3-5-15(18,19)6-4-9/h1-2,7,9,12H,3-6H2. The average Bonchev–Trinajstić information content (AvgIpc) is 2.41. The Balaban J connectivity index is 2.18. The molecule has 2 rings (SSSR count). The number of carbonyl (C=O) groups is 1. The van der Waals surface area contributed by atoms with E-state index in [9.17, 15) is 22.4 Å². The normalized spacial score (nSPS) is 19.8. The van der Waals surface area contributed by atoms with Gasteiger partial charge in [0.15, 0.2) is 5.78 Å². The zero-order valence-corrected chi connectivity index (χ0v) is 11.1. The highest BCUT2D eigenvalue weighted by Crippen LogP contribution is 2.38. The molecule has 1 saturated carbocycles. The number of hydrogen-bond acceptors (Lipinski definition) is 2. The molecule has 1 aromatic rings. The van der Waals surface area contributed by atoms with Gasteiger partial charge < -0.3 is 0 Å². The summed E-state index contributed by atoms with van der Waals surface area (Å²) in [5, 5.41) is 9.10. The number of alkyl halides is 2. The monoisotopic (exact) mass is 299 g/mol. The van der Waals surface area contributed by atoms with Gasteiger partial charge in [0.05, 0.1) is 6.07 Å². The van der Waals surface area contributed by atoms with Gasteiger partial charge in [-0.1, -0.05) is 6.07 Å². The van der Waals surface area contributed by atoms with Gasteiger partial charge in [-0.3, -0.25) is 4.79 Å². The SMILES string of the molecule is N#CC(C(=O)C1CCC(F)(F)CC1)c1ccc(F)cc1F. The van der Waals surface area contributed by atoms with Gasteiger partial charge in [-0.15, -0.1) is 0 Å². The Hall–Kier alpha value is -1.90. The number of nitrogens with zero attached hydrogens (tertiary/aromatic N) is 1. The topological polar surface area (TPSA) is 40.9 Å². The van der Waals surface area contributed by atoms with E-state index in [0.29, 0.717) is 6.07 Å². The van der Waals surface area contributed by atoms with Gasteiger partial charge in [-0.2, -0.15) is 5.26 Å². The van der Waals surface area contributed by atoms with E-state index in [4.69, 9.17) is 5.26 Å². The van der Waals surface area contributed by atoms with Crippen LogP contribution in [0.15, 0.2) is 18.2 Å². The molecule has 1 aromatic carbocycles. The molecule has 0 bridgehead atoms. The van der Waals surface area contributed by atoms with Gasteiger partial charge in [-0.05, 0) is 18.9 Å². The third kappa shape index (κ3) is 3.41. The van der Waals surface area contributed by atoms with Crippen molar-refractivity contribution in [3.05, 3.63) is 35.4 Å². The van der Waals surface area contributed by atoms with Gasteiger partial charge in [0.1, 0.15) is 17.6 Å². The van der Waals surface area contributed by atoms with Crippen LogP contribution in [0.25, 0.3) is 0 Å². The summed E-state index contributed by atoms with van der Waals surface area (Å²) in [6.45, 7) is 0. The summed E-state index contributed by atoms with van der Waals surface area (Å²) in [6.07, 6.45) is -0.861. The molecule has 1 fully saturated rings. The number of Topliss-reactive ketones (excluding diaryl/α,β-unsaturated/α-hetero) is 1. The Morgan fingerprint density at radius 3 is 2.43 bits per heavy atom. The fraction of sp³-hybridized carbons (Fsp3) is 0.467. The summed E-state index contributed by atoms with van der Waals surface area (Å²) in [7, 11) is 0. The first-order valence-electron chi connectivity index (χ1n) is 6.60. The van der Waals surface area contributed by atoms with E-state index in [1.54, 1.807) is 6.07 Å². The minimum atomic E-state index is -2.78. The lowest BCUT2D eigenvalue weighted by Gasteiger charge is -2.28. The highest BCUT2D eigenvalue weighted by Gasteiger charge is 2.39. The molecule has 1 unspecified atom stereocenters. The molecule has 1 aliphatic carbocycles. The zero-order valence-electron chi connectivity index (χ0n) is 11.1. The third-order valence-electron chi connectivity index (χ3n) is 3.81. The second kappa shape index (κ2) is 5.84. The molecule has 0 spiro atoms. The predicted octanol–water partition coefficient (Wildman–Crippen LogP) is 3.97. The predicted molar refractivity (Wildman–Crippen MR) is 66.6 cm³/mol. The van der Waals surface area contributed by atoms with Crippen molar-refractivity contribution in [1.82, 2.24) is 0 Å². The van der Waals surface area contributed by atoms with Crippen LogP contribution in [0.2, 0.25) is 0 Å². The van der Waals surface area contributed by atoms with E-state index in [1.807, 2.05) is 0 Å². The Kier molecular flexibility index (Phi) is 4.31. The van der Waals surface area contributed by atoms with Crippen molar-refractivity contribution >= 4 is 5.78 Å². The summed E-state index contributed by atoms with van der Waals surface area (Å²) in [4.78, 5) is 12.3. The van der Waals surface area contributed by atoms with Crippen LogP contribution in [0, 0.1) is 28.9 Å². The van der Waals surface area contributed by atoms with Gasteiger partial charge in [-0.25, -0.2) is 17.6 Å². The average molecular weight is 299 g/mol. The Labute approximate surface area is 119 Å². The molecular weight excluding hydrogens is 286 g/mol. The molecule has 0 heterocycles. The molecule has 2 nitrogen and oxygen atoms in total. The van der Waals surface area contributed by atoms with Crippen LogP contribution in [0.5, 0.6) is 0 Å². The summed E-state index contributed by atoms with van der Waals surface area (Å²) in [5.41, 5.74) is -0.207.